The molecule has 0 bridgehead atoms. The summed E-state index contributed by atoms with van der Waals surface area (Å²) in [6.45, 7) is 4.69. The summed E-state index contributed by atoms with van der Waals surface area (Å²) >= 11 is 0. The highest BCUT2D eigenvalue weighted by molar-refractivity contribution is 6.18. The Labute approximate surface area is 413 Å². The van der Waals surface area contributed by atoms with Crippen LogP contribution in [0.2, 0.25) is 0 Å². The number of hydrogen-bond acceptors (Lipinski definition) is 5. The molecular weight excluding hydrogens is 865 g/mol. The predicted octanol–water partition coefficient (Wildman–Crippen LogP) is 18.5. The Hall–Kier alpha value is -9.19. The third kappa shape index (κ3) is 7.29. The van der Waals surface area contributed by atoms with Gasteiger partial charge in [0.05, 0.1) is 17.1 Å². The van der Waals surface area contributed by atoms with Crippen molar-refractivity contribution in [3.63, 3.8) is 0 Å². The molecule has 5 nitrogen and oxygen atoms in total. The maximum absolute atomic E-state index is 6.76. The van der Waals surface area contributed by atoms with Gasteiger partial charge in [0.25, 0.3) is 0 Å². The second kappa shape index (κ2) is 17.1. The maximum atomic E-state index is 6.76. The van der Waals surface area contributed by atoms with E-state index in [2.05, 4.69) is 253 Å². The molecule has 1 heterocycles. The summed E-state index contributed by atoms with van der Waals surface area (Å²) in [7, 11) is 0. The highest BCUT2D eigenvalue weighted by Gasteiger charge is 2.36. The molecule has 12 aromatic rings. The minimum absolute atomic E-state index is 0.150. The number of fused-ring (bicyclic) bond motifs is 8. The number of rotatable bonds is 10. The second-order valence-corrected chi connectivity index (χ2v) is 18.8. The van der Waals surface area contributed by atoms with E-state index in [4.69, 9.17) is 9.40 Å². The minimum atomic E-state index is -0.150. The van der Waals surface area contributed by atoms with Gasteiger partial charge in [-0.05, 0) is 148 Å². The summed E-state index contributed by atoms with van der Waals surface area (Å²) < 4.78 is 6.76. The monoisotopic (exact) mass is 912 g/mol. The summed E-state index contributed by atoms with van der Waals surface area (Å²) in [6.07, 6.45) is 0. The molecule has 0 atom stereocenters. The third-order valence-electron chi connectivity index (χ3n) is 14.2. The fourth-order valence-electron chi connectivity index (χ4n) is 10.8. The summed E-state index contributed by atoms with van der Waals surface area (Å²) in [4.78, 5) is 12.2. The number of anilines is 9. The first kappa shape index (κ1) is 42.0. The molecule has 0 spiro atoms. The van der Waals surface area contributed by atoms with Crippen LogP contribution in [-0.2, 0) is 5.41 Å². The van der Waals surface area contributed by atoms with Gasteiger partial charge in [0.2, 0.25) is 5.89 Å². The number of nitrogens with zero attached hydrogens (tertiary/aromatic N) is 4. The highest BCUT2D eigenvalue weighted by Crippen LogP contribution is 2.52. The van der Waals surface area contributed by atoms with Crippen LogP contribution < -0.4 is 14.7 Å². The smallest absolute Gasteiger partial charge is 0.227 e. The van der Waals surface area contributed by atoms with Crippen LogP contribution in [0.5, 0.6) is 0 Å². The van der Waals surface area contributed by atoms with E-state index in [9.17, 15) is 0 Å². The first-order valence-electron chi connectivity index (χ1n) is 24.3. The van der Waals surface area contributed by atoms with Gasteiger partial charge >= 0.3 is 0 Å². The maximum Gasteiger partial charge on any atom is 0.227 e. The summed E-state index contributed by atoms with van der Waals surface area (Å²) in [5.74, 6) is 0.608. The molecule has 338 valence electrons. The Morgan fingerprint density at radius 1 is 0.352 bits per heavy atom. The van der Waals surface area contributed by atoms with Gasteiger partial charge in [-0.1, -0.05) is 159 Å². The van der Waals surface area contributed by atoms with E-state index >= 15 is 0 Å². The average molecular weight is 913 g/mol. The van der Waals surface area contributed by atoms with E-state index in [0.29, 0.717) is 5.89 Å². The summed E-state index contributed by atoms with van der Waals surface area (Å²) in [5, 5.41) is 4.33. The van der Waals surface area contributed by atoms with Crippen LogP contribution in [-0.4, -0.2) is 4.98 Å². The molecule has 13 rings (SSSR count). The number of oxazole rings is 1. The second-order valence-electron chi connectivity index (χ2n) is 18.8. The summed E-state index contributed by atoms with van der Waals surface area (Å²) in [6, 6.07) is 91.3. The molecule has 11 aromatic carbocycles. The molecule has 0 amide bonds. The first-order chi connectivity index (χ1) is 35.0. The fourth-order valence-corrected chi connectivity index (χ4v) is 10.8. The average Bonchev–Trinajstić information content (AvgIpc) is 3.97. The van der Waals surface area contributed by atoms with Crippen LogP contribution in [0.3, 0.4) is 0 Å². The standard InChI is InChI=1S/C66H48N4O/c1-66(2)60-31-19-18-30-57(60)59-44-53(37-38-61(59)66)70(52-36-34-45-32-33-46-35-39-62-64(63(46)58(45)43-52)71-65(67-62)47-20-8-3-9-21-47)56-41-54(68(48-22-10-4-11-23-48)49-24-12-5-13-25-49)40-55(42-56)69(50-26-14-6-15-27-50)51-28-16-7-17-29-51/h3-44H,1-2H3. The van der Waals surface area contributed by atoms with Crippen molar-refractivity contribution in [2.45, 2.75) is 19.3 Å². The lowest BCUT2D eigenvalue weighted by molar-refractivity contribution is 0.623. The number of aromatic nitrogens is 1. The Morgan fingerprint density at radius 3 is 1.37 bits per heavy atom. The van der Waals surface area contributed by atoms with Crippen molar-refractivity contribution >= 4 is 83.8 Å². The van der Waals surface area contributed by atoms with E-state index in [0.717, 1.165) is 89.4 Å². The van der Waals surface area contributed by atoms with Crippen LogP contribution >= 0.6 is 0 Å². The van der Waals surface area contributed by atoms with E-state index in [1.807, 2.05) is 30.3 Å². The number of hydrogen-bond donors (Lipinski definition) is 0. The van der Waals surface area contributed by atoms with Gasteiger partial charge in [0, 0.05) is 50.5 Å². The van der Waals surface area contributed by atoms with Crippen molar-refractivity contribution in [2.75, 3.05) is 14.7 Å². The topological polar surface area (TPSA) is 35.8 Å². The van der Waals surface area contributed by atoms with E-state index in [1.165, 1.54) is 22.3 Å². The van der Waals surface area contributed by atoms with Crippen LogP contribution in [0.25, 0.3) is 55.2 Å². The van der Waals surface area contributed by atoms with Gasteiger partial charge in [-0.15, -0.1) is 0 Å². The Kier molecular flexibility index (Phi) is 10.1. The van der Waals surface area contributed by atoms with Crippen molar-refractivity contribution in [2.24, 2.45) is 0 Å². The van der Waals surface area contributed by atoms with E-state index in [1.54, 1.807) is 0 Å². The first-order valence-corrected chi connectivity index (χ1v) is 24.3. The Balaban J connectivity index is 1.11. The zero-order valence-corrected chi connectivity index (χ0v) is 39.4. The normalized spacial score (nSPS) is 12.5. The molecule has 0 aliphatic heterocycles. The van der Waals surface area contributed by atoms with Gasteiger partial charge in [-0.25, -0.2) is 4.98 Å². The highest BCUT2D eigenvalue weighted by atomic mass is 16.3. The molecule has 5 heteroatoms. The van der Waals surface area contributed by atoms with Crippen LogP contribution in [0.1, 0.15) is 25.0 Å². The summed E-state index contributed by atoms with van der Waals surface area (Å²) in [5.41, 5.74) is 16.9. The van der Waals surface area contributed by atoms with Crippen molar-refractivity contribution in [3.8, 4) is 22.6 Å². The lowest BCUT2D eigenvalue weighted by Gasteiger charge is -2.33. The molecule has 1 aromatic heterocycles. The molecule has 0 fully saturated rings. The largest absolute Gasteiger partial charge is 0.435 e. The van der Waals surface area contributed by atoms with Crippen LogP contribution in [0.15, 0.2) is 259 Å². The molecule has 71 heavy (non-hydrogen) atoms. The zero-order valence-electron chi connectivity index (χ0n) is 39.4. The molecule has 1 aliphatic rings. The lowest BCUT2D eigenvalue weighted by atomic mass is 9.82. The quantitative estimate of drug-likeness (QED) is 0.128. The van der Waals surface area contributed by atoms with Crippen molar-refractivity contribution in [1.29, 1.82) is 0 Å². The van der Waals surface area contributed by atoms with Gasteiger partial charge < -0.3 is 19.1 Å². The molecule has 0 saturated carbocycles. The van der Waals surface area contributed by atoms with E-state index in [-0.39, 0.29) is 5.41 Å². The van der Waals surface area contributed by atoms with Crippen molar-refractivity contribution in [3.05, 3.63) is 266 Å². The lowest BCUT2D eigenvalue weighted by Crippen LogP contribution is -2.17. The van der Waals surface area contributed by atoms with E-state index < -0.39 is 0 Å². The molecule has 0 unspecified atom stereocenters. The Bertz CT molecular complexity index is 3730. The number of para-hydroxylation sites is 4. The van der Waals surface area contributed by atoms with Crippen molar-refractivity contribution < 1.29 is 4.42 Å². The number of benzene rings is 11. The van der Waals surface area contributed by atoms with Crippen LogP contribution in [0.4, 0.5) is 51.2 Å². The fraction of sp³-hybridized carbons (Fsp3) is 0.0455. The molecular formula is C66H48N4O. The SMILES string of the molecule is CC1(C)c2ccccc2-c2cc(N(c3cc(N(c4ccccc4)c4ccccc4)cc(N(c4ccccc4)c4ccccc4)c3)c3ccc4ccc5ccc6nc(-c7ccccc7)oc6c5c4c3)ccc21. The van der Waals surface area contributed by atoms with Crippen LogP contribution in [0, 0.1) is 0 Å². The van der Waals surface area contributed by atoms with Gasteiger partial charge in [0.15, 0.2) is 5.58 Å². The molecule has 1 aliphatic carbocycles. The molecule has 0 N–H and O–H groups in total. The van der Waals surface area contributed by atoms with Gasteiger partial charge in [-0.2, -0.15) is 0 Å². The van der Waals surface area contributed by atoms with Gasteiger partial charge in [-0.3, -0.25) is 0 Å². The minimum Gasteiger partial charge on any atom is -0.435 e. The predicted molar refractivity (Wildman–Crippen MR) is 296 cm³/mol. The third-order valence-corrected chi connectivity index (χ3v) is 14.2. The van der Waals surface area contributed by atoms with Crippen molar-refractivity contribution in [1.82, 2.24) is 4.98 Å². The molecule has 0 radical (unpaired) electrons. The zero-order chi connectivity index (χ0) is 47.5. The Morgan fingerprint density at radius 2 is 0.789 bits per heavy atom. The molecule has 0 saturated heterocycles. The van der Waals surface area contributed by atoms with Gasteiger partial charge in [0.1, 0.15) is 5.52 Å².